The van der Waals surface area contributed by atoms with E-state index in [0.29, 0.717) is 5.75 Å². The van der Waals surface area contributed by atoms with Gasteiger partial charge in [-0.15, -0.1) is 0 Å². The van der Waals surface area contributed by atoms with Crippen LogP contribution in [0.25, 0.3) is 0 Å². The number of carboxylic acids is 1. The van der Waals surface area contributed by atoms with Crippen LogP contribution in [0.15, 0.2) is 0 Å². The van der Waals surface area contributed by atoms with Crippen LogP contribution in [0, 0.1) is 0 Å². The molecule has 0 spiro atoms. The predicted octanol–water partition coefficient (Wildman–Crippen LogP) is 1.57. The number of carbonyl (C=O) groups excluding carboxylic acids is 2. The number of rotatable bonds is 6. The van der Waals surface area contributed by atoms with E-state index in [9.17, 15) is 14.4 Å². The first-order chi connectivity index (χ1) is 8.60. The van der Waals surface area contributed by atoms with Crippen molar-refractivity contribution in [1.82, 2.24) is 5.32 Å². The van der Waals surface area contributed by atoms with Gasteiger partial charge in [-0.25, -0.2) is 4.79 Å². The maximum atomic E-state index is 11.4. The molecule has 0 aromatic heterocycles. The number of hydrogen-bond donors (Lipinski definition) is 2. The normalized spacial score (nSPS) is 12.4. The molecule has 0 aromatic rings. The van der Waals surface area contributed by atoms with E-state index in [2.05, 4.69) is 9.50 Å². The summed E-state index contributed by atoms with van der Waals surface area (Å²) in [5.41, 5.74) is -0.578. The third kappa shape index (κ3) is 11.4. The fourth-order valence-electron chi connectivity index (χ4n) is 0.905. The minimum Gasteiger partial charge on any atom is -0.481 e. The number of amides is 1. The third-order valence-corrected chi connectivity index (χ3v) is 2.47. The number of carboxylic acid groups (broad SMARTS) is 1. The Kier molecular flexibility index (Phi) is 7.28. The Balaban J connectivity index is 3.81. The maximum Gasteiger partial charge on any atom is 0.407 e. The minimum atomic E-state index is -1.24. The summed E-state index contributed by atoms with van der Waals surface area (Å²) < 4.78 is 9.65. The molecule has 7 nitrogen and oxygen atoms in total. The van der Waals surface area contributed by atoms with Crippen molar-refractivity contribution in [2.24, 2.45) is 0 Å². The molecule has 0 saturated carbocycles. The average molecular weight is 293 g/mol. The molecule has 1 amide bonds. The van der Waals surface area contributed by atoms with Crippen LogP contribution in [0.3, 0.4) is 0 Å². The van der Waals surface area contributed by atoms with Gasteiger partial charge in [-0.2, -0.15) is 0 Å². The van der Waals surface area contributed by atoms with Crippen molar-refractivity contribution in [2.45, 2.75) is 45.8 Å². The summed E-state index contributed by atoms with van der Waals surface area (Å²) in [7, 11) is 0. The van der Waals surface area contributed by atoms with E-state index in [0.717, 1.165) is 12.0 Å². The summed E-state index contributed by atoms with van der Waals surface area (Å²) in [5.74, 6) is -1.78. The molecule has 0 aliphatic rings. The van der Waals surface area contributed by atoms with Gasteiger partial charge in [0, 0.05) is 6.04 Å². The molecular weight excluding hydrogens is 274 g/mol. The van der Waals surface area contributed by atoms with Crippen LogP contribution in [0.2, 0.25) is 0 Å². The Morgan fingerprint density at radius 2 is 1.89 bits per heavy atom. The maximum absolute atomic E-state index is 11.4. The third-order valence-electron chi connectivity index (χ3n) is 1.53. The second kappa shape index (κ2) is 7.88. The van der Waals surface area contributed by atoms with E-state index in [1.54, 1.807) is 27.7 Å². The molecule has 2 N–H and O–H groups in total. The Morgan fingerprint density at radius 1 is 1.32 bits per heavy atom. The highest BCUT2D eigenvalue weighted by atomic mass is 32.2. The van der Waals surface area contributed by atoms with Gasteiger partial charge in [-0.05, 0) is 27.7 Å². The standard InChI is InChI=1S/C11H19NO6S/c1-7(12-10(16)17-11(2,3)4)6-19-18-9(15)5-8(13)14/h7H,5-6H2,1-4H3,(H,12,16)(H,13,14)/t7-/m1/s1. The molecule has 0 aliphatic carbocycles. The molecule has 0 heterocycles. The van der Waals surface area contributed by atoms with Crippen molar-refractivity contribution in [2.75, 3.05) is 5.75 Å². The zero-order valence-electron chi connectivity index (χ0n) is 11.4. The largest absolute Gasteiger partial charge is 0.481 e. The predicted molar refractivity (Wildman–Crippen MR) is 69.6 cm³/mol. The molecule has 0 aromatic carbocycles. The fraction of sp³-hybridized carbons (Fsp3) is 0.727. The van der Waals surface area contributed by atoms with Gasteiger partial charge in [0.1, 0.15) is 12.0 Å². The quantitative estimate of drug-likeness (QED) is 0.566. The second-order valence-electron chi connectivity index (χ2n) is 4.86. The number of carbonyl (C=O) groups is 3. The number of alkyl carbamates (subject to hydrolysis) is 1. The minimum absolute atomic E-state index is 0.280. The molecule has 0 saturated heterocycles. The van der Waals surface area contributed by atoms with Crippen molar-refractivity contribution in [3.05, 3.63) is 0 Å². The van der Waals surface area contributed by atoms with Crippen molar-refractivity contribution in [3.8, 4) is 0 Å². The SMILES string of the molecule is C[C@H](CSOC(=O)CC(=O)O)NC(=O)OC(C)(C)C. The lowest BCUT2D eigenvalue weighted by atomic mass is 10.2. The van der Waals surface area contributed by atoms with Crippen LogP contribution in [0.5, 0.6) is 0 Å². The van der Waals surface area contributed by atoms with Gasteiger partial charge in [0.15, 0.2) is 0 Å². The van der Waals surface area contributed by atoms with Gasteiger partial charge >= 0.3 is 18.0 Å². The fourth-order valence-corrected chi connectivity index (χ4v) is 1.45. The lowest BCUT2D eigenvalue weighted by Gasteiger charge is -2.21. The Morgan fingerprint density at radius 3 is 2.37 bits per heavy atom. The van der Waals surface area contributed by atoms with Gasteiger partial charge in [-0.1, -0.05) is 0 Å². The number of aliphatic carboxylic acids is 1. The first-order valence-corrected chi connectivity index (χ1v) is 6.55. The Hall–Kier alpha value is -1.44. The highest BCUT2D eigenvalue weighted by Gasteiger charge is 2.18. The number of hydrogen-bond acceptors (Lipinski definition) is 6. The van der Waals surface area contributed by atoms with E-state index in [1.807, 2.05) is 0 Å². The van der Waals surface area contributed by atoms with Crippen molar-refractivity contribution < 1.29 is 28.4 Å². The monoisotopic (exact) mass is 293 g/mol. The van der Waals surface area contributed by atoms with Crippen LogP contribution in [0.4, 0.5) is 4.79 Å². The van der Waals surface area contributed by atoms with E-state index in [1.165, 1.54) is 0 Å². The molecule has 0 unspecified atom stereocenters. The second-order valence-corrected chi connectivity index (χ2v) is 5.59. The molecular formula is C11H19NO6S. The molecule has 0 bridgehead atoms. The van der Waals surface area contributed by atoms with Crippen molar-refractivity contribution in [3.63, 3.8) is 0 Å². The summed E-state index contributed by atoms with van der Waals surface area (Å²) in [4.78, 5) is 32.5. The molecule has 19 heavy (non-hydrogen) atoms. The zero-order valence-corrected chi connectivity index (χ0v) is 12.2. The molecule has 0 aliphatic heterocycles. The van der Waals surface area contributed by atoms with Crippen LogP contribution in [-0.2, 0) is 18.5 Å². The number of nitrogens with one attached hydrogen (secondary N) is 1. The molecule has 0 radical (unpaired) electrons. The van der Waals surface area contributed by atoms with Crippen LogP contribution in [-0.4, -0.2) is 40.5 Å². The van der Waals surface area contributed by atoms with Gasteiger partial charge in [0.2, 0.25) is 0 Å². The van der Waals surface area contributed by atoms with Crippen LogP contribution in [0.1, 0.15) is 34.1 Å². The van der Waals surface area contributed by atoms with Crippen LogP contribution >= 0.6 is 12.0 Å². The first-order valence-electron chi connectivity index (χ1n) is 5.64. The Bertz CT molecular complexity index is 339. The van der Waals surface area contributed by atoms with Gasteiger partial charge in [0.05, 0.1) is 17.8 Å². The van der Waals surface area contributed by atoms with Gasteiger partial charge < -0.3 is 19.3 Å². The van der Waals surface area contributed by atoms with Gasteiger partial charge in [0.25, 0.3) is 0 Å². The lowest BCUT2D eigenvalue weighted by Crippen LogP contribution is -2.38. The summed E-state index contributed by atoms with van der Waals surface area (Å²) in [5, 5.41) is 10.9. The highest BCUT2D eigenvalue weighted by Crippen LogP contribution is 2.09. The van der Waals surface area contributed by atoms with Crippen LogP contribution < -0.4 is 5.32 Å². The molecule has 1 atom stereocenters. The van der Waals surface area contributed by atoms with E-state index in [-0.39, 0.29) is 6.04 Å². The van der Waals surface area contributed by atoms with E-state index < -0.39 is 30.1 Å². The topological polar surface area (TPSA) is 102 Å². The smallest absolute Gasteiger partial charge is 0.407 e. The summed E-state index contributed by atoms with van der Waals surface area (Å²) in [6.07, 6.45) is -1.24. The van der Waals surface area contributed by atoms with E-state index in [4.69, 9.17) is 9.84 Å². The summed E-state index contributed by atoms with van der Waals surface area (Å²) in [6, 6.07) is -0.280. The summed E-state index contributed by atoms with van der Waals surface area (Å²) in [6.45, 7) is 6.96. The molecule has 0 fully saturated rings. The average Bonchev–Trinajstić information content (AvgIpc) is 2.12. The molecule has 110 valence electrons. The zero-order chi connectivity index (χ0) is 15.1. The van der Waals surface area contributed by atoms with Crippen molar-refractivity contribution in [1.29, 1.82) is 0 Å². The molecule has 0 rings (SSSR count). The lowest BCUT2D eigenvalue weighted by molar-refractivity contribution is -0.145. The Labute approximate surface area is 116 Å². The highest BCUT2D eigenvalue weighted by molar-refractivity contribution is 7.95. The first kappa shape index (κ1) is 17.6. The number of ether oxygens (including phenoxy) is 1. The van der Waals surface area contributed by atoms with E-state index >= 15 is 0 Å². The molecule has 8 heteroatoms. The van der Waals surface area contributed by atoms with Gasteiger partial charge in [-0.3, -0.25) is 9.59 Å². The summed E-state index contributed by atoms with van der Waals surface area (Å²) >= 11 is 0.788. The van der Waals surface area contributed by atoms with Crippen molar-refractivity contribution >= 4 is 30.1 Å².